The summed E-state index contributed by atoms with van der Waals surface area (Å²) in [5.74, 6) is -0.134. The van der Waals surface area contributed by atoms with Crippen molar-refractivity contribution in [3.8, 4) is 17.2 Å². The Hall–Kier alpha value is -3.49. The van der Waals surface area contributed by atoms with Crippen LogP contribution in [0.3, 0.4) is 0 Å². The molecule has 2 aliphatic carbocycles. The molecule has 6 atom stereocenters. The van der Waals surface area contributed by atoms with E-state index in [4.69, 9.17) is 9.88 Å². The highest BCUT2D eigenvalue weighted by atomic mass is 32.2. The maximum absolute atomic E-state index is 15.0. The largest absolute Gasteiger partial charge is 0.444 e. The number of piperidine rings is 1. The number of primary sulfonamides is 1. The lowest BCUT2D eigenvalue weighted by molar-refractivity contribution is -0.128. The minimum absolute atomic E-state index is 0.0310. The normalized spacial score (nSPS) is 25.9. The quantitative estimate of drug-likeness (QED) is 0.561. The van der Waals surface area contributed by atoms with E-state index in [0.717, 1.165) is 12.8 Å². The number of nitrogens with one attached hydrogen (secondary N) is 1. The number of amides is 2. The van der Waals surface area contributed by atoms with Crippen LogP contribution in [0.15, 0.2) is 47.4 Å². The Kier molecular flexibility index (Phi) is 6.67. The molecule has 0 aromatic heterocycles. The molecule has 39 heavy (non-hydrogen) atoms. The van der Waals surface area contributed by atoms with Gasteiger partial charge in [-0.2, -0.15) is 5.26 Å². The second-order valence-electron chi connectivity index (χ2n) is 11.6. The van der Waals surface area contributed by atoms with Crippen LogP contribution >= 0.6 is 0 Å². The minimum atomic E-state index is -3.84. The molecule has 11 heteroatoms. The number of ether oxygens (including phenoxy) is 1. The summed E-state index contributed by atoms with van der Waals surface area (Å²) in [7, 11) is -3.84. The Morgan fingerprint density at radius 3 is 2.38 bits per heavy atom. The standard InChI is InChI=1S/C28H31FN4O5S/c1-28(2,3)38-27(35)33-24-13-22(20-12-21(20)24)25(33)26(34)32-18(14-30)10-17-5-4-16(11-23(17)29)15-6-8-19(9-7-15)39(31,36)37/h4-9,11,18,20-22,24-25H,10,12-13H2,1-3H3,(H,32,34)(H2,31,36,37)/t18-,20+,21-,22+,24-,25-/m0/s1. The summed E-state index contributed by atoms with van der Waals surface area (Å²) < 4.78 is 43.6. The minimum Gasteiger partial charge on any atom is -0.444 e. The van der Waals surface area contributed by atoms with Gasteiger partial charge in [0.15, 0.2) is 0 Å². The van der Waals surface area contributed by atoms with E-state index in [0.29, 0.717) is 23.0 Å². The Morgan fingerprint density at radius 2 is 1.79 bits per heavy atom. The molecule has 2 amide bonds. The molecule has 3 N–H and O–H groups in total. The summed E-state index contributed by atoms with van der Waals surface area (Å²) in [6.07, 6.45) is 1.16. The third-order valence-electron chi connectivity index (χ3n) is 7.85. The molecule has 3 fully saturated rings. The van der Waals surface area contributed by atoms with Crippen molar-refractivity contribution in [1.29, 1.82) is 5.26 Å². The molecule has 0 radical (unpaired) electrons. The Balaban J connectivity index is 1.28. The smallest absolute Gasteiger partial charge is 0.411 e. The molecular weight excluding hydrogens is 523 g/mol. The highest BCUT2D eigenvalue weighted by Crippen LogP contribution is 2.63. The van der Waals surface area contributed by atoms with E-state index in [2.05, 4.69) is 5.32 Å². The molecule has 1 heterocycles. The van der Waals surface area contributed by atoms with E-state index in [1.807, 2.05) is 6.07 Å². The van der Waals surface area contributed by atoms with Gasteiger partial charge in [-0.15, -0.1) is 0 Å². The maximum atomic E-state index is 15.0. The molecule has 2 aromatic rings. The van der Waals surface area contributed by atoms with Crippen LogP contribution < -0.4 is 10.5 Å². The zero-order chi connectivity index (χ0) is 28.3. The number of nitriles is 1. The number of carbonyl (C=O) groups is 2. The van der Waals surface area contributed by atoms with Crippen molar-refractivity contribution in [3.05, 3.63) is 53.8 Å². The average Bonchev–Trinajstić information content (AvgIpc) is 3.46. The van der Waals surface area contributed by atoms with Crippen molar-refractivity contribution in [2.45, 2.75) is 68.7 Å². The van der Waals surface area contributed by atoms with Gasteiger partial charge < -0.3 is 10.1 Å². The molecule has 3 aliphatic rings. The van der Waals surface area contributed by atoms with Gasteiger partial charge in [0.1, 0.15) is 23.5 Å². The predicted octanol–water partition coefficient (Wildman–Crippen LogP) is 3.33. The third-order valence-corrected chi connectivity index (χ3v) is 8.78. The fourth-order valence-corrected chi connectivity index (χ4v) is 6.63. The van der Waals surface area contributed by atoms with E-state index in [-0.39, 0.29) is 28.8 Å². The number of fused-ring (bicyclic) bond motifs is 5. The van der Waals surface area contributed by atoms with Gasteiger partial charge in [-0.3, -0.25) is 9.69 Å². The van der Waals surface area contributed by atoms with E-state index >= 15 is 4.39 Å². The van der Waals surface area contributed by atoms with Crippen LogP contribution in [-0.4, -0.2) is 49.0 Å². The maximum Gasteiger partial charge on any atom is 0.411 e. The van der Waals surface area contributed by atoms with Crippen LogP contribution in [0.2, 0.25) is 0 Å². The summed E-state index contributed by atoms with van der Waals surface area (Å²) >= 11 is 0. The molecule has 2 bridgehead atoms. The Labute approximate surface area is 227 Å². The predicted molar refractivity (Wildman–Crippen MR) is 140 cm³/mol. The first kappa shape index (κ1) is 27.1. The van der Waals surface area contributed by atoms with Gasteiger partial charge in [0.25, 0.3) is 0 Å². The Morgan fingerprint density at radius 1 is 1.13 bits per heavy atom. The molecule has 2 aromatic carbocycles. The van der Waals surface area contributed by atoms with Crippen LogP contribution in [-0.2, 0) is 26.0 Å². The molecule has 206 valence electrons. The number of likely N-dealkylation sites (tertiary alicyclic amines) is 1. The number of nitrogens with two attached hydrogens (primary N) is 1. The monoisotopic (exact) mass is 554 g/mol. The SMILES string of the molecule is CC(C)(C)OC(=O)N1[C@H](C(=O)N[C@H](C#N)Cc2ccc(-c3ccc(S(N)(=O)=O)cc3)cc2F)[C@@H]2C[C@H]1[C@H]1C[C@@H]21. The lowest BCUT2D eigenvalue weighted by Crippen LogP contribution is -2.56. The van der Waals surface area contributed by atoms with Gasteiger partial charge in [0, 0.05) is 12.5 Å². The second kappa shape index (κ2) is 9.61. The summed E-state index contributed by atoms with van der Waals surface area (Å²) in [5.41, 5.74) is 0.649. The van der Waals surface area contributed by atoms with Gasteiger partial charge >= 0.3 is 6.09 Å². The van der Waals surface area contributed by atoms with Crippen molar-refractivity contribution in [2.24, 2.45) is 22.9 Å². The van der Waals surface area contributed by atoms with Gasteiger partial charge in [0.2, 0.25) is 15.9 Å². The highest BCUT2D eigenvalue weighted by molar-refractivity contribution is 7.89. The van der Waals surface area contributed by atoms with Crippen LogP contribution in [0.4, 0.5) is 9.18 Å². The van der Waals surface area contributed by atoms with Gasteiger partial charge in [-0.25, -0.2) is 22.7 Å². The van der Waals surface area contributed by atoms with Crippen molar-refractivity contribution < 1.29 is 27.1 Å². The van der Waals surface area contributed by atoms with Crippen LogP contribution in [0, 0.1) is 34.9 Å². The van der Waals surface area contributed by atoms with Crippen LogP contribution in [0.5, 0.6) is 0 Å². The zero-order valence-electron chi connectivity index (χ0n) is 21.9. The summed E-state index contributed by atoms with van der Waals surface area (Å²) in [6.45, 7) is 5.33. The summed E-state index contributed by atoms with van der Waals surface area (Å²) in [6, 6.07) is 10.5. The molecular formula is C28H31FN4O5S. The first-order chi connectivity index (χ1) is 18.3. The average molecular weight is 555 g/mol. The zero-order valence-corrected chi connectivity index (χ0v) is 22.7. The van der Waals surface area contributed by atoms with E-state index < -0.39 is 45.5 Å². The molecule has 1 aliphatic heterocycles. The van der Waals surface area contributed by atoms with Gasteiger partial charge in [-0.05, 0) is 86.3 Å². The van der Waals surface area contributed by atoms with Crippen molar-refractivity contribution in [1.82, 2.24) is 10.2 Å². The lowest BCUT2D eigenvalue weighted by Gasteiger charge is -2.35. The highest BCUT2D eigenvalue weighted by Gasteiger charge is 2.67. The number of nitrogens with zero attached hydrogens (tertiary/aromatic N) is 2. The summed E-state index contributed by atoms with van der Waals surface area (Å²) in [5, 5.41) is 17.6. The van der Waals surface area contributed by atoms with Crippen molar-refractivity contribution in [3.63, 3.8) is 0 Å². The lowest BCUT2D eigenvalue weighted by atomic mass is 9.95. The van der Waals surface area contributed by atoms with E-state index in [1.165, 1.54) is 36.4 Å². The number of hydrogen-bond donors (Lipinski definition) is 2. The third kappa shape index (κ3) is 5.36. The summed E-state index contributed by atoms with van der Waals surface area (Å²) in [4.78, 5) is 27.9. The number of benzene rings is 2. The molecule has 0 spiro atoms. The number of rotatable bonds is 6. The van der Waals surface area contributed by atoms with E-state index in [1.54, 1.807) is 31.7 Å². The Bertz CT molecular complexity index is 1460. The van der Waals surface area contributed by atoms with Gasteiger partial charge in [0.05, 0.1) is 11.0 Å². The molecule has 0 unspecified atom stereocenters. The molecule has 1 saturated heterocycles. The number of hydrogen-bond acceptors (Lipinski definition) is 6. The first-order valence-electron chi connectivity index (χ1n) is 12.9. The molecule has 9 nitrogen and oxygen atoms in total. The van der Waals surface area contributed by atoms with Crippen molar-refractivity contribution in [2.75, 3.05) is 0 Å². The van der Waals surface area contributed by atoms with Crippen molar-refractivity contribution >= 4 is 22.0 Å². The van der Waals surface area contributed by atoms with Crippen LogP contribution in [0.25, 0.3) is 11.1 Å². The topological polar surface area (TPSA) is 143 Å². The van der Waals surface area contributed by atoms with E-state index in [9.17, 15) is 23.3 Å². The fraction of sp³-hybridized carbons (Fsp3) is 0.464. The molecule has 2 saturated carbocycles. The van der Waals surface area contributed by atoms with Gasteiger partial charge in [-0.1, -0.05) is 24.3 Å². The number of sulfonamides is 1. The van der Waals surface area contributed by atoms with Crippen LogP contribution in [0.1, 0.15) is 39.2 Å². The number of halogens is 1. The number of carbonyl (C=O) groups excluding carboxylic acids is 2. The first-order valence-corrected chi connectivity index (χ1v) is 14.4. The second-order valence-corrected chi connectivity index (χ2v) is 13.2. The molecule has 5 rings (SSSR count). The fourth-order valence-electron chi connectivity index (χ4n) is 6.11.